The summed E-state index contributed by atoms with van der Waals surface area (Å²) in [5, 5.41) is 0. The lowest BCUT2D eigenvalue weighted by molar-refractivity contribution is 0.0857. The first-order valence-electron chi connectivity index (χ1n) is 6.09. The van der Waals surface area contributed by atoms with Gasteiger partial charge in [-0.2, -0.15) is 0 Å². The van der Waals surface area contributed by atoms with Crippen LogP contribution in [0.5, 0.6) is 5.88 Å². The van der Waals surface area contributed by atoms with Crippen molar-refractivity contribution in [2.24, 2.45) is 5.92 Å². The van der Waals surface area contributed by atoms with Gasteiger partial charge in [0.1, 0.15) is 10.7 Å². The van der Waals surface area contributed by atoms with Crippen LogP contribution in [-0.4, -0.2) is 11.1 Å². The molecule has 0 amide bonds. The summed E-state index contributed by atoms with van der Waals surface area (Å²) in [6.45, 7) is 2.25. The van der Waals surface area contributed by atoms with Crippen LogP contribution in [-0.2, 0) is 0 Å². The van der Waals surface area contributed by atoms with Crippen LogP contribution in [0.4, 0.5) is 0 Å². The van der Waals surface area contributed by atoms with Gasteiger partial charge in [0.05, 0.1) is 0 Å². The molecule has 0 saturated heterocycles. The molecule has 1 aliphatic rings. The Morgan fingerprint density at radius 1 is 1.38 bits per heavy atom. The topological polar surface area (TPSA) is 22.1 Å². The third-order valence-corrected chi connectivity index (χ3v) is 3.77. The van der Waals surface area contributed by atoms with Crippen LogP contribution in [0.15, 0.2) is 22.8 Å². The molecule has 1 aliphatic carbocycles. The van der Waals surface area contributed by atoms with Gasteiger partial charge in [-0.1, -0.05) is 19.4 Å². The Labute approximate surface area is 106 Å². The Balaban J connectivity index is 2.02. The van der Waals surface area contributed by atoms with Gasteiger partial charge < -0.3 is 4.74 Å². The molecule has 1 heterocycles. The van der Waals surface area contributed by atoms with Crippen molar-refractivity contribution in [3.63, 3.8) is 0 Å². The van der Waals surface area contributed by atoms with E-state index in [-0.39, 0.29) is 0 Å². The molecule has 1 aromatic heterocycles. The molecule has 0 bridgehead atoms. The lowest BCUT2D eigenvalue weighted by atomic mass is 9.85. The molecule has 2 unspecified atom stereocenters. The van der Waals surface area contributed by atoms with Gasteiger partial charge in [0.2, 0.25) is 5.88 Å². The van der Waals surface area contributed by atoms with Gasteiger partial charge in [0.25, 0.3) is 0 Å². The zero-order chi connectivity index (χ0) is 11.4. The molecule has 1 saturated carbocycles. The van der Waals surface area contributed by atoms with Crippen molar-refractivity contribution in [1.29, 1.82) is 0 Å². The number of pyridine rings is 1. The highest BCUT2D eigenvalue weighted by molar-refractivity contribution is 9.10. The first-order valence-corrected chi connectivity index (χ1v) is 6.88. The molecule has 16 heavy (non-hydrogen) atoms. The van der Waals surface area contributed by atoms with E-state index in [2.05, 4.69) is 27.8 Å². The Morgan fingerprint density at radius 2 is 2.19 bits per heavy atom. The number of ether oxygens (including phenoxy) is 1. The van der Waals surface area contributed by atoms with E-state index >= 15 is 0 Å². The highest BCUT2D eigenvalue weighted by atomic mass is 79.9. The summed E-state index contributed by atoms with van der Waals surface area (Å²) in [5.41, 5.74) is 0. The molecule has 88 valence electrons. The number of rotatable bonds is 3. The van der Waals surface area contributed by atoms with Crippen molar-refractivity contribution in [1.82, 2.24) is 4.98 Å². The van der Waals surface area contributed by atoms with E-state index in [0.717, 1.165) is 10.5 Å². The molecule has 0 radical (unpaired) electrons. The van der Waals surface area contributed by atoms with Crippen LogP contribution in [0.1, 0.15) is 39.0 Å². The summed E-state index contributed by atoms with van der Waals surface area (Å²) in [7, 11) is 0. The molecule has 0 spiro atoms. The number of hydrogen-bond donors (Lipinski definition) is 0. The van der Waals surface area contributed by atoms with E-state index in [0.29, 0.717) is 12.0 Å². The highest BCUT2D eigenvalue weighted by Gasteiger charge is 2.25. The second-order valence-electron chi connectivity index (χ2n) is 4.41. The van der Waals surface area contributed by atoms with Gasteiger partial charge >= 0.3 is 0 Å². The number of halogens is 1. The molecular formula is C13H18BrNO. The summed E-state index contributed by atoms with van der Waals surface area (Å²) in [6.07, 6.45) is 6.68. The lowest BCUT2D eigenvalue weighted by Gasteiger charge is -2.30. The normalized spacial score (nSPS) is 25.4. The van der Waals surface area contributed by atoms with E-state index < -0.39 is 0 Å². The van der Waals surface area contributed by atoms with Gasteiger partial charge in [0, 0.05) is 6.07 Å². The Bertz CT molecular complexity index is 342. The predicted molar refractivity (Wildman–Crippen MR) is 68.6 cm³/mol. The maximum absolute atomic E-state index is 6.00. The van der Waals surface area contributed by atoms with E-state index in [9.17, 15) is 0 Å². The van der Waals surface area contributed by atoms with E-state index in [1.54, 1.807) is 0 Å². The van der Waals surface area contributed by atoms with Crippen molar-refractivity contribution < 1.29 is 4.74 Å². The van der Waals surface area contributed by atoms with E-state index in [4.69, 9.17) is 4.74 Å². The summed E-state index contributed by atoms with van der Waals surface area (Å²) in [5.74, 6) is 1.45. The quantitative estimate of drug-likeness (QED) is 0.776. The third kappa shape index (κ3) is 2.97. The molecule has 0 aromatic carbocycles. The fraction of sp³-hybridized carbons (Fsp3) is 0.615. The minimum Gasteiger partial charge on any atom is -0.474 e. The van der Waals surface area contributed by atoms with Gasteiger partial charge in [-0.25, -0.2) is 4.98 Å². The Morgan fingerprint density at radius 3 is 2.94 bits per heavy atom. The van der Waals surface area contributed by atoms with E-state index in [1.807, 2.05) is 18.2 Å². The highest BCUT2D eigenvalue weighted by Crippen LogP contribution is 2.30. The largest absolute Gasteiger partial charge is 0.474 e. The smallest absolute Gasteiger partial charge is 0.214 e. The van der Waals surface area contributed by atoms with Crippen molar-refractivity contribution >= 4 is 15.9 Å². The maximum Gasteiger partial charge on any atom is 0.214 e. The Kier molecular flexibility index (Phi) is 4.22. The van der Waals surface area contributed by atoms with Crippen LogP contribution < -0.4 is 4.74 Å². The standard InChI is InChI=1S/C13H18BrNO/c1-2-10-6-3-4-7-11(10)16-13-9-5-8-12(14)15-13/h5,8-11H,2-4,6-7H2,1H3. The molecule has 1 fully saturated rings. The van der Waals surface area contributed by atoms with Crippen LogP contribution >= 0.6 is 15.9 Å². The molecule has 0 N–H and O–H groups in total. The number of nitrogens with zero attached hydrogens (tertiary/aromatic N) is 1. The maximum atomic E-state index is 6.00. The van der Waals surface area contributed by atoms with Crippen molar-refractivity contribution in [3.8, 4) is 5.88 Å². The first-order chi connectivity index (χ1) is 7.79. The SMILES string of the molecule is CCC1CCCCC1Oc1cccc(Br)n1. The molecule has 1 aromatic rings. The van der Waals surface area contributed by atoms with Crippen molar-refractivity contribution in [2.45, 2.75) is 45.1 Å². The average Bonchev–Trinajstić information content (AvgIpc) is 2.30. The minimum absolute atomic E-state index is 0.362. The Hall–Kier alpha value is -0.570. The zero-order valence-corrected chi connectivity index (χ0v) is 11.2. The predicted octanol–water partition coefficient (Wildman–Crippen LogP) is 4.19. The fourth-order valence-corrected chi connectivity index (χ4v) is 2.73. The van der Waals surface area contributed by atoms with E-state index in [1.165, 1.54) is 32.1 Å². The molecule has 2 nitrogen and oxygen atoms in total. The van der Waals surface area contributed by atoms with Crippen LogP contribution in [0.3, 0.4) is 0 Å². The van der Waals surface area contributed by atoms with Crippen LogP contribution in [0.2, 0.25) is 0 Å². The fourth-order valence-electron chi connectivity index (χ4n) is 2.41. The number of aromatic nitrogens is 1. The zero-order valence-electron chi connectivity index (χ0n) is 9.66. The molecule has 2 atom stereocenters. The minimum atomic E-state index is 0.362. The summed E-state index contributed by atoms with van der Waals surface area (Å²) in [4.78, 5) is 4.33. The summed E-state index contributed by atoms with van der Waals surface area (Å²) < 4.78 is 6.84. The second kappa shape index (κ2) is 5.67. The monoisotopic (exact) mass is 283 g/mol. The molecule has 2 rings (SSSR count). The summed E-state index contributed by atoms with van der Waals surface area (Å²) in [6, 6.07) is 5.83. The number of hydrogen-bond acceptors (Lipinski definition) is 2. The van der Waals surface area contributed by atoms with Crippen LogP contribution in [0.25, 0.3) is 0 Å². The second-order valence-corrected chi connectivity index (χ2v) is 5.22. The van der Waals surface area contributed by atoms with Crippen molar-refractivity contribution in [2.75, 3.05) is 0 Å². The van der Waals surface area contributed by atoms with Gasteiger partial charge in [-0.05, 0) is 53.6 Å². The average molecular weight is 284 g/mol. The van der Waals surface area contributed by atoms with Gasteiger partial charge in [-0.15, -0.1) is 0 Å². The summed E-state index contributed by atoms with van der Waals surface area (Å²) >= 11 is 3.37. The lowest BCUT2D eigenvalue weighted by Crippen LogP contribution is -2.30. The van der Waals surface area contributed by atoms with Gasteiger partial charge in [-0.3, -0.25) is 0 Å². The third-order valence-electron chi connectivity index (χ3n) is 3.33. The first kappa shape index (κ1) is 11.9. The van der Waals surface area contributed by atoms with Gasteiger partial charge in [0.15, 0.2) is 0 Å². The van der Waals surface area contributed by atoms with Crippen molar-refractivity contribution in [3.05, 3.63) is 22.8 Å². The molecular weight excluding hydrogens is 266 g/mol. The van der Waals surface area contributed by atoms with Crippen LogP contribution in [0, 0.1) is 5.92 Å². The molecule has 3 heteroatoms. The molecule has 0 aliphatic heterocycles.